The molecule has 0 radical (unpaired) electrons. The van der Waals surface area contributed by atoms with E-state index in [4.69, 9.17) is 4.74 Å². The summed E-state index contributed by atoms with van der Waals surface area (Å²) in [4.78, 5) is 33.2. The minimum atomic E-state index is -0.582. The van der Waals surface area contributed by atoms with Crippen molar-refractivity contribution >= 4 is 17.5 Å². The molecule has 4 rings (SSSR count). The number of fused-ring (bicyclic) bond motifs is 1. The lowest BCUT2D eigenvalue weighted by Gasteiger charge is -2.09. The average molecular weight is 367 g/mol. The first kappa shape index (κ1) is 17.4. The molecule has 0 bridgehead atoms. The van der Waals surface area contributed by atoms with Gasteiger partial charge in [0.05, 0.1) is 11.3 Å². The molecular weight excluding hydrogens is 346 g/mol. The Labute approximate surface area is 156 Å². The Kier molecular flexibility index (Phi) is 4.25. The Hall–Kier alpha value is -3.03. The SMILES string of the molecule is CCc1c(C(=O)OCC(=O)c2cc(C)n(C3CC3)c2C)cnc2ncnn12. The molecule has 140 valence electrons. The van der Waals surface area contributed by atoms with E-state index in [0.29, 0.717) is 35.1 Å². The van der Waals surface area contributed by atoms with Crippen LogP contribution < -0.4 is 0 Å². The third-order valence-corrected chi connectivity index (χ3v) is 4.99. The number of nitrogens with zero attached hydrogens (tertiary/aromatic N) is 5. The van der Waals surface area contributed by atoms with Gasteiger partial charge in [-0.2, -0.15) is 10.1 Å². The lowest BCUT2D eigenvalue weighted by molar-refractivity contribution is 0.0472. The van der Waals surface area contributed by atoms with Gasteiger partial charge < -0.3 is 9.30 Å². The lowest BCUT2D eigenvalue weighted by atomic mass is 10.1. The number of carbonyl (C=O) groups excluding carboxylic acids is 2. The fourth-order valence-electron chi connectivity index (χ4n) is 3.58. The van der Waals surface area contributed by atoms with Crippen LogP contribution in [-0.4, -0.2) is 42.5 Å². The summed E-state index contributed by atoms with van der Waals surface area (Å²) in [6, 6.07) is 2.38. The summed E-state index contributed by atoms with van der Waals surface area (Å²) in [7, 11) is 0. The zero-order valence-corrected chi connectivity index (χ0v) is 15.6. The largest absolute Gasteiger partial charge is 0.454 e. The molecule has 1 saturated carbocycles. The van der Waals surface area contributed by atoms with Gasteiger partial charge in [-0.3, -0.25) is 4.79 Å². The molecule has 8 nitrogen and oxygen atoms in total. The second-order valence-electron chi connectivity index (χ2n) is 6.83. The number of Topliss-reactive ketones (excluding diaryl/α,β-unsaturated/α-hetero) is 1. The maximum absolute atomic E-state index is 12.6. The Balaban J connectivity index is 1.51. The molecule has 0 aromatic carbocycles. The summed E-state index contributed by atoms with van der Waals surface area (Å²) in [6.45, 7) is 5.55. The molecule has 0 unspecified atom stereocenters. The van der Waals surface area contributed by atoms with Crippen molar-refractivity contribution in [1.82, 2.24) is 24.1 Å². The summed E-state index contributed by atoms with van der Waals surface area (Å²) < 4.78 is 9.01. The van der Waals surface area contributed by atoms with E-state index in [-0.39, 0.29) is 12.4 Å². The van der Waals surface area contributed by atoms with Crippen LogP contribution in [0.25, 0.3) is 5.78 Å². The van der Waals surface area contributed by atoms with Crippen molar-refractivity contribution < 1.29 is 14.3 Å². The molecule has 8 heteroatoms. The van der Waals surface area contributed by atoms with E-state index < -0.39 is 5.97 Å². The first-order valence-electron chi connectivity index (χ1n) is 9.07. The number of carbonyl (C=O) groups is 2. The lowest BCUT2D eigenvalue weighted by Crippen LogP contribution is -2.18. The van der Waals surface area contributed by atoms with Gasteiger partial charge in [-0.1, -0.05) is 6.92 Å². The molecular formula is C19H21N5O3. The minimum absolute atomic E-state index is 0.198. The van der Waals surface area contributed by atoms with Gasteiger partial charge in [0.25, 0.3) is 5.78 Å². The van der Waals surface area contributed by atoms with Crippen molar-refractivity contribution in [2.75, 3.05) is 6.61 Å². The Morgan fingerprint density at radius 2 is 2.00 bits per heavy atom. The number of ketones is 1. The molecule has 3 heterocycles. The molecule has 0 saturated heterocycles. The third-order valence-electron chi connectivity index (χ3n) is 4.99. The number of esters is 1. The topological polar surface area (TPSA) is 91.4 Å². The van der Waals surface area contributed by atoms with Crippen molar-refractivity contribution in [1.29, 1.82) is 0 Å². The number of aromatic nitrogens is 5. The molecule has 3 aromatic heterocycles. The summed E-state index contributed by atoms with van der Waals surface area (Å²) >= 11 is 0. The fourth-order valence-corrected chi connectivity index (χ4v) is 3.58. The number of hydrogen-bond donors (Lipinski definition) is 0. The fraction of sp³-hybridized carbons (Fsp3) is 0.421. The maximum Gasteiger partial charge on any atom is 0.342 e. The third kappa shape index (κ3) is 3.01. The van der Waals surface area contributed by atoms with Gasteiger partial charge in [-0.05, 0) is 39.2 Å². The van der Waals surface area contributed by atoms with Gasteiger partial charge in [0.2, 0.25) is 5.78 Å². The van der Waals surface area contributed by atoms with Gasteiger partial charge in [0, 0.05) is 29.2 Å². The number of ether oxygens (including phenoxy) is 1. The van der Waals surface area contributed by atoms with E-state index >= 15 is 0 Å². The van der Waals surface area contributed by atoms with E-state index in [9.17, 15) is 9.59 Å². The summed E-state index contributed by atoms with van der Waals surface area (Å²) in [5.74, 6) is -0.357. The molecule has 0 atom stereocenters. The molecule has 0 aliphatic heterocycles. The van der Waals surface area contributed by atoms with Crippen LogP contribution in [0.1, 0.15) is 63.6 Å². The maximum atomic E-state index is 12.6. The van der Waals surface area contributed by atoms with Crippen molar-refractivity contribution in [3.8, 4) is 0 Å². The molecule has 1 aliphatic rings. The number of rotatable bonds is 6. The van der Waals surface area contributed by atoms with Crippen LogP contribution in [0.2, 0.25) is 0 Å². The number of aryl methyl sites for hydroxylation is 2. The van der Waals surface area contributed by atoms with E-state index in [2.05, 4.69) is 19.6 Å². The quantitative estimate of drug-likeness (QED) is 0.491. The van der Waals surface area contributed by atoms with Gasteiger partial charge in [0.1, 0.15) is 6.33 Å². The minimum Gasteiger partial charge on any atom is -0.454 e. The van der Waals surface area contributed by atoms with Crippen LogP contribution in [0.4, 0.5) is 0 Å². The summed E-state index contributed by atoms with van der Waals surface area (Å²) in [6.07, 6.45) is 5.67. The van der Waals surface area contributed by atoms with Gasteiger partial charge in [-0.15, -0.1) is 0 Å². The Bertz CT molecular complexity index is 1050. The van der Waals surface area contributed by atoms with Gasteiger partial charge in [-0.25, -0.2) is 14.3 Å². The zero-order valence-electron chi connectivity index (χ0n) is 15.6. The highest BCUT2D eigenvalue weighted by Gasteiger charge is 2.28. The average Bonchev–Trinajstić information content (AvgIpc) is 3.28. The molecule has 0 spiro atoms. The molecule has 3 aromatic rings. The Morgan fingerprint density at radius 1 is 1.22 bits per heavy atom. The molecule has 27 heavy (non-hydrogen) atoms. The van der Waals surface area contributed by atoms with Crippen LogP contribution in [0.3, 0.4) is 0 Å². The van der Waals surface area contributed by atoms with E-state index in [1.807, 2.05) is 26.8 Å². The normalized spacial score (nSPS) is 13.9. The highest BCUT2D eigenvalue weighted by Crippen LogP contribution is 2.38. The zero-order chi connectivity index (χ0) is 19.1. The second-order valence-corrected chi connectivity index (χ2v) is 6.83. The van der Waals surface area contributed by atoms with Crippen LogP contribution in [-0.2, 0) is 11.2 Å². The monoisotopic (exact) mass is 367 g/mol. The molecule has 0 N–H and O–H groups in total. The first-order valence-corrected chi connectivity index (χ1v) is 9.07. The van der Waals surface area contributed by atoms with Gasteiger partial charge in [0.15, 0.2) is 6.61 Å². The predicted molar refractivity (Wildman–Crippen MR) is 97.0 cm³/mol. The highest BCUT2D eigenvalue weighted by molar-refractivity contribution is 6.00. The smallest absolute Gasteiger partial charge is 0.342 e. The van der Waals surface area contributed by atoms with Crippen molar-refractivity contribution in [2.24, 2.45) is 0 Å². The van der Waals surface area contributed by atoms with Crippen LogP contribution in [0, 0.1) is 13.8 Å². The number of hydrogen-bond acceptors (Lipinski definition) is 6. The van der Waals surface area contributed by atoms with Crippen LogP contribution in [0.15, 0.2) is 18.6 Å². The molecule has 1 fully saturated rings. The summed E-state index contributed by atoms with van der Waals surface area (Å²) in [5.41, 5.74) is 3.58. The molecule has 1 aliphatic carbocycles. The van der Waals surface area contributed by atoms with Gasteiger partial charge >= 0.3 is 5.97 Å². The van der Waals surface area contributed by atoms with E-state index in [0.717, 1.165) is 24.2 Å². The first-order chi connectivity index (χ1) is 13.0. The Morgan fingerprint density at radius 3 is 2.70 bits per heavy atom. The summed E-state index contributed by atoms with van der Waals surface area (Å²) in [5, 5.41) is 4.09. The predicted octanol–water partition coefficient (Wildman–Crippen LogP) is 2.48. The van der Waals surface area contributed by atoms with Crippen LogP contribution >= 0.6 is 0 Å². The second kappa shape index (κ2) is 6.61. The van der Waals surface area contributed by atoms with Crippen LogP contribution in [0.5, 0.6) is 0 Å². The highest BCUT2D eigenvalue weighted by atomic mass is 16.5. The van der Waals surface area contributed by atoms with E-state index in [1.54, 1.807) is 0 Å². The van der Waals surface area contributed by atoms with Crippen molar-refractivity contribution in [3.63, 3.8) is 0 Å². The van der Waals surface area contributed by atoms with Crippen molar-refractivity contribution in [2.45, 2.75) is 46.1 Å². The van der Waals surface area contributed by atoms with Crippen molar-refractivity contribution in [3.05, 3.63) is 46.8 Å². The van der Waals surface area contributed by atoms with E-state index in [1.165, 1.54) is 17.0 Å². The standard InChI is InChI=1S/C19H21N5O3/c1-4-16-15(8-20-19-21-10-22-24(16)19)18(26)27-9-17(25)14-7-11(2)23(12(14)3)13-5-6-13/h7-8,10,13H,4-6,9H2,1-3H3. The molecule has 0 amide bonds.